The number of carbonyl (C=O) groups is 3. The molecule has 0 fully saturated rings. The van der Waals surface area contributed by atoms with E-state index in [0.29, 0.717) is 19.3 Å². The van der Waals surface area contributed by atoms with Crippen LogP contribution in [-0.2, 0) is 19.1 Å². The summed E-state index contributed by atoms with van der Waals surface area (Å²) in [5, 5.41) is 20.9. The Morgan fingerprint density at radius 3 is 2.38 bits per heavy atom. The number of amides is 1. The van der Waals surface area contributed by atoms with Crippen molar-refractivity contribution >= 4 is 17.8 Å². The lowest BCUT2D eigenvalue weighted by Crippen LogP contribution is -2.46. The van der Waals surface area contributed by atoms with Crippen molar-refractivity contribution in [2.45, 2.75) is 52.6 Å². The number of hydrogen-bond acceptors (Lipinski definition) is 5. The standard InChI is InChI=1S/C14H25NO6/c1-4-6-11(18)21-9-14(2,3)12(19)13(20)15-8-5-7-10(16)17/h12,19H,4-9H2,1-3H3,(H,15,20)(H,16,17). The highest BCUT2D eigenvalue weighted by Crippen LogP contribution is 2.21. The van der Waals surface area contributed by atoms with Crippen LogP contribution in [0, 0.1) is 5.41 Å². The number of hydrogen-bond donors (Lipinski definition) is 3. The van der Waals surface area contributed by atoms with Crippen LogP contribution in [0.5, 0.6) is 0 Å². The summed E-state index contributed by atoms with van der Waals surface area (Å²) in [5.41, 5.74) is -0.916. The second-order valence-electron chi connectivity index (χ2n) is 5.59. The molecule has 122 valence electrons. The zero-order valence-corrected chi connectivity index (χ0v) is 12.8. The van der Waals surface area contributed by atoms with E-state index in [-0.39, 0.29) is 25.5 Å². The molecule has 0 saturated carbocycles. The van der Waals surface area contributed by atoms with Crippen molar-refractivity contribution in [1.82, 2.24) is 5.32 Å². The first-order chi connectivity index (χ1) is 9.70. The van der Waals surface area contributed by atoms with Crippen molar-refractivity contribution in [3.63, 3.8) is 0 Å². The van der Waals surface area contributed by atoms with Gasteiger partial charge in [0.15, 0.2) is 0 Å². The van der Waals surface area contributed by atoms with Crippen LogP contribution in [0.1, 0.15) is 46.5 Å². The van der Waals surface area contributed by atoms with Gasteiger partial charge in [0.25, 0.3) is 0 Å². The minimum Gasteiger partial charge on any atom is -0.481 e. The summed E-state index contributed by atoms with van der Waals surface area (Å²) in [6, 6.07) is 0. The molecule has 0 aliphatic heterocycles. The van der Waals surface area contributed by atoms with Gasteiger partial charge in [-0.3, -0.25) is 14.4 Å². The summed E-state index contributed by atoms with van der Waals surface area (Å²) in [6.07, 6.45) is -0.121. The van der Waals surface area contributed by atoms with E-state index in [2.05, 4.69) is 5.32 Å². The molecule has 0 aromatic carbocycles. The number of aliphatic hydroxyl groups is 1. The van der Waals surface area contributed by atoms with Crippen LogP contribution < -0.4 is 5.32 Å². The third-order valence-electron chi connectivity index (χ3n) is 2.91. The Balaban J connectivity index is 4.19. The third kappa shape index (κ3) is 8.29. The van der Waals surface area contributed by atoms with Crippen LogP contribution in [0.4, 0.5) is 0 Å². The molecule has 7 heteroatoms. The van der Waals surface area contributed by atoms with E-state index in [1.165, 1.54) is 0 Å². The average Bonchev–Trinajstić information content (AvgIpc) is 2.40. The molecule has 0 rings (SSSR count). The van der Waals surface area contributed by atoms with Gasteiger partial charge in [0.2, 0.25) is 5.91 Å². The number of rotatable bonds is 10. The SMILES string of the molecule is CCCC(=O)OCC(C)(C)C(O)C(=O)NCCCC(=O)O. The lowest BCUT2D eigenvalue weighted by atomic mass is 9.87. The molecule has 0 aromatic heterocycles. The summed E-state index contributed by atoms with van der Waals surface area (Å²) in [6.45, 7) is 5.21. The van der Waals surface area contributed by atoms with Gasteiger partial charge in [0, 0.05) is 24.8 Å². The molecular formula is C14H25NO6. The Bertz CT molecular complexity index is 366. The normalized spacial score (nSPS) is 12.6. The fourth-order valence-corrected chi connectivity index (χ4v) is 1.52. The van der Waals surface area contributed by atoms with E-state index >= 15 is 0 Å². The molecule has 21 heavy (non-hydrogen) atoms. The first-order valence-corrected chi connectivity index (χ1v) is 7.04. The molecule has 1 atom stereocenters. The van der Waals surface area contributed by atoms with Gasteiger partial charge in [-0.2, -0.15) is 0 Å². The highest BCUT2D eigenvalue weighted by atomic mass is 16.5. The molecule has 0 bridgehead atoms. The van der Waals surface area contributed by atoms with Gasteiger partial charge in [-0.15, -0.1) is 0 Å². The van der Waals surface area contributed by atoms with E-state index in [0.717, 1.165) is 0 Å². The highest BCUT2D eigenvalue weighted by Gasteiger charge is 2.34. The van der Waals surface area contributed by atoms with Gasteiger partial charge in [-0.1, -0.05) is 20.8 Å². The second-order valence-corrected chi connectivity index (χ2v) is 5.59. The maximum atomic E-state index is 11.8. The summed E-state index contributed by atoms with van der Waals surface area (Å²) in [4.78, 5) is 33.4. The van der Waals surface area contributed by atoms with Crippen molar-refractivity contribution in [2.75, 3.05) is 13.2 Å². The smallest absolute Gasteiger partial charge is 0.305 e. The van der Waals surface area contributed by atoms with Crippen LogP contribution in [-0.4, -0.2) is 47.3 Å². The topological polar surface area (TPSA) is 113 Å². The van der Waals surface area contributed by atoms with Crippen LogP contribution in [0.2, 0.25) is 0 Å². The number of ether oxygens (including phenoxy) is 1. The predicted molar refractivity (Wildman–Crippen MR) is 75.5 cm³/mol. The molecule has 0 heterocycles. The number of carboxylic acid groups (broad SMARTS) is 1. The first-order valence-electron chi connectivity index (χ1n) is 7.04. The predicted octanol–water partition coefficient (Wildman–Crippen LogP) is 0.698. The van der Waals surface area contributed by atoms with Crippen LogP contribution in [0.15, 0.2) is 0 Å². The minimum absolute atomic E-state index is 0.0472. The van der Waals surface area contributed by atoms with Gasteiger partial charge in [-0.05, 0) is 12.8 Å². The van der Waals surface area contributed by atoms with Crippen molar-refractivity contribution in [1.29, 1.82) is 0 Å². The van der Waals surface area contributed by atoms with Gasteiger partial charge >= 0.3 is 11.9 Å². The molecule has 0 aliphatic carbocycles. The third-order valence-corrected chi connectivity index (χ3v) is 2.91. The van der Waals surface area contributed by atoms with Crippen molar-refractivity contribution in [3.8, 4) is 0 Å². The Hall–Kier alpha value is -1.63. The van der Waals surface area contributed by atoms with Crippen molar-refractivity contribution in [3.05, 3.63) is 0 Å². The monoisotopic (exact) mass is 303 g/mol. The number of aliphatic hydroxyl groups excluding tert-OH is 1. The zero-order chi connectivity index (χ0) is 16.5. The largest absolute Gasteiger partial charge is 0.481 e. The first kappa shape index (κ1) is 19.4. The Morgan fingerprint density at radius 2 is 1.86 bits per heavy atom. The molecule has 0 aromatic rings. The number of esters is 1. The minimum atomic E-state index is -1.34. The number of aliphatic carboxylic acids is 1. The van der Waals surface area contributed by atoms with Gasteiger partial charge < -0.3 is 20.3 Å². The van der Waals surface area contributed by atoms with E-state index in [9.17, 15) is 19.5 Å². The van der Waals surface area contributed by atoms with Gasteiger partial charge in [0.1, 0.15) is 6.10 Å². The maximum absolute atomic E-state index is 11.8. The Labute approximate surface area is 124 Å². The van der Waals surface area contributed by atoms with Gasteiger partial charge in [0.05, 0.1) is 6.61 Å². The molecular weight excluding hydrogens is 278 g/mol. The summed E-state index contributed by atoms with van der Waals surface area (Å²) in [7, 11) is 0. The highest BCUT2D eigenvalue weighted by molar-refractivity contribution is 5.81. The quantitative estimate of drug-likeness (QED) is 0.404. The van der Waals surface area contributed by atoms with Crippen molar-refractivity contribution < 1.29 is 29.3 Å². The molecule has 0 aliphatic rings. The molecule has 0 radical (unpaired) electrons. The number of nitrogens with one attached hydrogen (secondary N) is 1. The fourth-order valence-electron chi connectivity index (χ4n) is 1.52. The van der Waals surface area contributed by atoms with Gasteiger partial charge in [-0.25, -0.2) is 0 Å². The van der Waals surface area contributed by atoms with E-state index in [1.807, 2.05) is 6.92 Å². The van der Waals surface area contributed by atoms with E-state index < -0.39 is 23.4 Å². The summed E-state index contributed by atoms with van der Waals surface area (Å²) in [5.74, 6) is -1.90. The maximum Gasteiger partial charge on any atom is 0.305 e. The number of carbonyl (C=O) groups excluding carboxylic acids is 2. The average molecular weight is 303 g/mol. The van der Waals surface area contributed by atoms with Crippen LogP contribution >= 0.6 is 0 Å². The lowest BCUT2D eigenvalue weighted by molar-refractivity contribution is -0.153. The van der Waals surface area contributed by atoms with E-state index in [4.69, 9.17) is 9.84 Å². The molecule has 1 amide bonds. The van der Waals surface area contributed by atoms with Crippen LogP contribution in [0.3, 0.4) is 0 Å². The Kier molecular flexibility index (Phi) is 8.61. The second kappa shape index (κ2) is 9.33. The van der Waals surface area contributed by atoms with Crippen molar-refractivity contribution in [2.24, 2.45) is 5.41 Å². The molecule has 1 unspecified atom stereocenters. The van der Waals surface area contributed by atoms with Crippen LogP contribution in [0.25, 0.3) is 0 Å². The number of carboxylic acids is 1. The Morgan fingerprint density at radius 1 is 1.24 bits per heavy atom. The molecule has 7 nitrogen and oxygen atoms in total. The zero-order valence-electron chi connectivity index (χ0n) is 12.8. The summed E-state index contributed by atoms with van der Waals surface area (Å²) >= 11 is 0. The molecule has 0 spiro atoms. The summed E-state index contributed by atoms with van der Waals surface area (Å²) < 4.78 is 5.02. The lowest BCUT2D eigenvalue weighted by Gasteiger charge is -2.29. The van der Waals surface area contributed by atoms with E-state index in [1.54, 1.807) is 13.8 Å². The molecule has 3 N–H and O–H groups in total. The fraction of sp³-hybridized carbons (Fsp3) is 0.786. The molecule has 0 saturated heterocycles.